The van der Waals surface area contributed by atoms with Crippen LogP contribution in [0.1, 0.15) is 13.3 Å². The van der Waals surface area contributed by atoms with Crippen molar-refractivity contribution in [2.75, 3.05) is 19.7 Å². The minimum atomic E-state index is -4.51. The van der Waals surface area contributed by atoms with Crippen LogP contribution >= 0.6 is 0 Å². The molecule has 0 saturated carbocycles. The minimum Gasteiger partial charge on any atom is -0.480 e. The van der Waals surface area contributed by atoms with E-state index in [1.54, 1.807) is 0 Å². The molecule has 4 nitrogen and oxygen atoms in total. The number of carboxylic acid groups (broad SMARTS) is 1. The number of likely N-dealkylation sites (tertiary alicyclic amines) is 1. The van der Waals surface area contributed by atoms with Crippen LogP contribution < -0.4 is 0 Å². The van der Waals surface area contributed by atoms with E-state index in [1.807, 2.05) is 0 Å². The second-order valence-electron chi connectivity index (χ2n) is 4.17. The Bertz CT molecular complexity index is 282. The number of hydrogen-bond acceptors (Lipinski definition) is 3. The molecule has 0 radical (unpaired) electrons. The zero-order valence-corrected chi connectivity index (χ0v) is 8.79. The minimum absolute atomic E-state index is 0.0353. The summed E-state index contributed by atoms with van der Waals surface area (Å²) in [5.41, 5.74) is -2.17. The number of alkyl halides is 3. The van der Waals surface area contributed by atoms with Gasteiger partial charge in [0.05, 0.1) is 6.61 Å². The number of rotatable bonds is 3. The highest BCUT2D eigenvalue weighted by Crippen LogP contribution is 2.45. The van der Waals surface area contributed by atoms with Gasteiger partial charge in [-0.3, -0.25) is 9.69 Å². The van der Waals surface area contributed by atoms with Crippen molar-refractivity contribution in [2.24, 2.45) is 5.41 Å². The van der Waals surface area contributed by atoms with Gasteiger partial charge in [-0.05, 0) is 13.3 Å². The van der Waals surface area contributed by atoms with Crippen molar-refractivity contribution in [3.8, 4) is 0 Å². The van der Waals surface area contributed by atoms with E-state index in [2.05, 4.69) is 0 Å². The first-order chi connectivity index (χ1) is 7.23. The number of halogens is 3. The summed E-state index contributed by atoms with van der Waals surface area (Å²) >= 11 is 0. The first-order valence-corrected chi connectivity index (χ1v) is 4.88. The molecule has 16 heavy (non-hydrogen) atoms. The summed E-state index contributed by atoms with van der Waals surface area (Å²) in [6.07, 6.45) is -4.76. The Hall–Kier alpha value is -0.820. The van der Waals surface area contributed by atoms with Gasteiger partial charge in [-0.1, -0.05) is 0 Å². The summed E-state index contributed by atoms with van der Waals surface area (Å²) in [4.78, 5) is 11.9. The molecular weight excluding hydrogens is 227 g/mol. The quantitative estimate of drug-likeness (QED) is 0.763. The maximum Gasteiger partial charge on any atom is 0.397 e. The van der Waals surface area contributed by atoms with E-state index in [1.165, 1.54) is 11.8 Å². The third-order valence-electron chi connectivity index (χ3n) is 3.19. The summed E-state index contributed by atoms with van der Waals surface area (Å²) in [6, 6.07) is -0.962. The van der Waals surface area contributed by atoms with Crippen LogP contribution in [0.25, 0.3) is 0 Å². The molecular formula is C9H14F3NO3. The summed E-state index contributed by atoms with van der Waals surface area (Å²) in [5.74, 6) is -1.16. The molecule has 0 aromatic carbocycles. The van der Waals surface area contributed by atoms with E-state index in [4.69, 9.17) is 10.2 Å². The monoisotopic (exact) mass is 241 g/mol. The Morgan fingerprint density at radius 3 is 2.44 bits per heavy atom. The SMILES string of the molecule is C[C@H](C(=O)O)N1CC[C@](CO)(C(F)(F)F)C1. The number of hydrogen-bond donors (Lipinski definition) is 2. The summed E-state index contributed by atoms with van der Waals surface area (Å²) < 4.78 is 38.2. The predicted molar refractivity (Wildman–Crippen MR) is 48.9 cm³/mol. The molecule has 7 heteroatoms. The summed E-state index contributed by atoms with van der Waals surface area (Å²) in [7, 11) is 0. The number of nitrogens with zero attached hydrogens (tertiary/aromatic N) is 1. The zero-order chi connectivity index (χ0) is 12.6. The lowest BCUT2D eigenvalue weighted by atomic mass is 9.87. The van der Waals surface area contributed by atoms with Gasteiger partial charge in [0.2, 0.25) is 0 Å². The number of carbonyl (C=O) groups is 1. The molecule has 1 saturated heterocycles. The van der Waals surface area contributed by atoms with Crippen LogP contribution in [0.5, 0.6) is 0 Å². The molecule has 1 heterocycles. The molecule has 0 bridgehead atoms. The fourth-order valence-electron chi connectivity index (χ4n) is 1.84. The van der Waals surface area contributed by atoms with Gasteiger partial charge in [-0.15, -0.1) is 0 Å². The van der Waals surface area contributed by atoms with Gasteiger partial charge >= 0.3 is 12.1 Å². The molecule has 0 spiro atoms. The summed E-state index contributed by atoms with van der Waals surface area (Å²) in [5, 5.41) is 17.6. The van der Waals surface area contributed by atoms with Crippen LogP contribution in [0, 0.1) is 5.41 Å². The highest BCUT2D eigenvalue weighted by atomic mass is 19.4. The standard InChI is InChI=1S/C9H14F3NO3/c1-6(7(15)16)13-3-2-8(4-13,5-14)9(10,11)12/h6,14H,2-5H2,1H3,(H,15,16)/t6-,8+/m1/s1. The van der Waals surface area contributed by atoms with E-state index in [0.717, 1.165) is 0 Å². The fourth-order valence-corrected chi connectivity index (χ4v) is 1.84. The second kappa shape index (κ2) is 4.21. The normalized spacial score (nSPS) is 29.3. The lowest BCUT2D eigenvalue weighted by Gasteiger charge is -2.30. The van der Waals surface area contributed by atoms with Crippen molar-refractivity contribution in [2.45, 2.75) is 25.6 Å². The lowest BCUT2D eigenvalue weighted by Crippen LogP contribution is -2.46. The van der Waals surface area contributed by atoms with E-state index in [0.29, 0.717) is 0 Å². The van der Waals surface area contributed by atoms with Crippen LogP contribution in [0.4, 0.5) is 13.2 Å². The predicted octanol–water partition coefficient (Wildman–Crippen LogP) is 0.706. The molecule has 0 amide bonds. The Balaban J connectivity index is 2.80. The first kappa shape index (κ1) is 13.2. The third-order valence-corrected chi connectivity index (χ3v) is 3.19. The van der Waals surface area contributed by atoms with Gasteiger partial charge in [-0.25, -0.2) is 0 Å². The average Bonchev–Trinajstić information content (AvgIpc) is 2.60. The van der Waals surface area contributed by atoms with Gasteiger partial charge in [0.1, 0.15) is 11.5 Å². The number of aliphatic carboxylic acids is 1. The van der Waals surface area contributed by atoms with Crippen molar-refractivity contribution in [1.29, 1.82) is 0 Å². The highest BCUT2D eigenvalue weighted by molar-refractivity contribution is 5.72. The number of aliphatic hydroxyl groups is 1. The topological polar surface area (TPSA) is 60.8 Å². The molecule has 1 aliphatic heterocycles. The molecule has 1 aliphatic rings. The van der Waals surface area contributed by atoms with Gasteiger partial charge in [0.15, 0.2) is 0 Å². The zero-order valence-electron chi connectivity index (χ0n) is 8.79. The maximum absolute atomic E-state index is 12.7. The number of aliphatic hydroxyl groups excluding tert-OH is 1. The Kier molecular flexibility index (Phi) is 3.49. The van der Waals surface area contributed by atoms with Crippen LogP contribution in [-0.2, 0) is 4.79 Å². The first-order valence-electron chi connectivity index (χ1n) is 4.88. The van der Waals surface area contributed by atoms with Gasteiger partial charge in [0.25, 0.3) is 0 Å². The molecule has 2 N–H and O–H groups in total. The van der Waals surface area contributed by atoms with E-state index in [-0.39, 0.29) is 13.0 Å². The van der Waals surface area contributed by atoms with Crippen LogP contribution in [0.3, 0.4) is 0 Å². The van der Waals surface area contributed by atoms with Crippen molar-refractivity contribution in [3.63, 3.8) is 0 Å². The molecule has 0 aromatic heterocycles. The average molecular weight is 241 g/mol. The van der Waals surface area contributed by atoms with Gasteiger partial charge in [0, 0.05) is 13.1 Å². The van der Waals surface area contributed by atoms with Crippen molar-refractivity contribution < 1.29 is 28.2 Å². The van der Waals surface area contributed by atoms with Crippen molar-refractivity contribution >= 4 is 5.97 Å². The smallest absolute Gasteiger partial charge is 0.397 e. The number of carboxylic acids is 1. The van der Waals surface area contributed by atoms with Crippen LogP contribution in [0.2, 0.25) is 0 Å². The molecule has 94 valence electrons. The molecule has 0 aromatic rings. The third kappa shape index (κ3) is 2.15. The molecule has 1 rings (SSSR count). The Labute approximate surface area is 90.7 Å². The van der Waals surface area contributed by atoms with E-state index >= 15 is 0 Å². The Morgan fingerprint density at radius 2 is 2.12 bits per heavy atom. The fraction of sp³-hybridized carbons (Fsp3) is 0.889. The highest BCUT2D eigenvalue weighted by Gasteiger charge is 2.58. The van der Waals surface area contributed by atoms with Crippen molar-refractivity contribution in [1.82, 2.24) is 4.90 Å². The lowest BCUT2D eigenvalue weighted by molar-refractivity contribution is -0.231. The molecule has 2 atom stereocenters. The molecule has 1 fully saturated rings. The van der Waals surface area contributed by atoms with Gasteiger partial charge in [-0.2, -0.15) is 13.2 Å². The molecule has 0 unspecified atom stereocenters. The van der Waals surface area contributed by atoms with Crippen LogP contribution in [-0.4, -0.2) is 53.0 Å². The van der Waals surface area contributed by atoms with E-state index < -0.39 is 36.8 Å². The van der Waals surface area contributed by atoms with E-state index in [9.17, 15) is 18.0 Å². The maximum atomic E-state index is 12.7. The largest absolute Gasteiger partial charge is 0.480 e. The second-order valence-corrected chi connectivity index (χ2v) is 4.17. The van der Waals surface area contributed by atoms with Gasteiger partial charge < -0.3 is 10.2 Å². The Morgan fingerprint density at radius 1 is 1.56 bits per heavy atom. The molecule has 0 aliphatic carbocycles. The summed E-state index contributed by atoms with van der Waals surface area (Å²) in [6.45, 7) is -0.0838. The van der Waals surface area contributed by atoms with Crippen molar-refractivity contribution in [3.05, 3.63) is 0 Å². The van der Waals surface area contributed by atoms with Crippen LogP contribution in [0.15, 0.2) is 0 Å².